The highest BCUT2D eigenvalue weighted by molar-refractivity contribution is 6.43. The summed E-state index contributed by atoms with van der Waals surface area (Å²) in [5.41, 5.74) is 1.09. The number of benzene rings is 2. The average molecular weight is 550 g/mol. The van der Waals surface area contributed by atoms with Crippen molar-refractivity contribution in [1.29, 1.82) is 0 Å². The van der Waals surface area contributed by atoms with E-state index in [-0.39, 0.29) is 42.9 Å². The minimum atomic E-state index is -0.496. The van der Waals surface area contributed by atoms with Gasteiger partial charge < -0.3 is 24.3 Å². The molecule has 0 aliphatic carbocycles. The van der Waals surface area contributed by atoms with E-state index in [1.807, 2.05) is 19.9 Å². The summed E-state index contributed by atoms with van der Waals surface area (Å²) in [5.74, 6) is 0.660. The first-order chi connectivity index (χ1) is 17.8. The first-order valence-corrected chi connectivity index (χ1v) is 12.7. The highest BCUT2D eigenvalue weighted by Crippen LogP contribution is 2.29. The van der Waals surface area contributed by atoms with Gasteiger partial charge in [0.1, 0.15) is 23.9 Å². The van der Waals surface area contributed by atoms with Gasteiger partial charge >= 0.3 is 6.03 Å². The number of carbonyl (C=O) groups excluding carboxylic acids is 2. The van der Waals surface area contributed by atoms with Crippen molar-refractivity contribution in [3.63, 3.8) is 0 Å². The van der Waals surface area contributed by atoms with Gasteiger partial charge in [-0.15, -0.1) is 0 Å². The largest absolute Gasteiger partial charge is 0.464 e. The molecule has 2 aromatic carbocycles. The maximum absolute atomic E-state index is 13.5. The first kappa shape index (κ1) is 28.5. The molecule has 3 amide bonds. The van der Waals surface area contributed by atoms with E-state index in [9.17, 15) is 14.0 Å². The second-order valence-corrected chi connectivity index (χ2v) is 9.18. The Morgan fingerprint density at radius 1 is 1.03 bits per heavy atom. The van der Waals surface area contributed by atoms with Crippen LogP contribution in [-0.4, -0.2) is 48.0 Å². The number of furan rings is 1. The van der Waals surface area contributed by atoms with E-state index < -0.39 is 6.03 Å². The lowest BCUT2D eigenvalue weighted by Crippen LogP contribution is -2.44. The quantitative estimate of drug-likeness (QED) is 0.261. The molecule has 3 aromatic rings. The van der Waals surface area contributed by atoms with Crippen molar-refractivity contribution >= 4 is 40.8 Å². The molecule has 0 aliphatic rings. The predicted molar refractivity (Wildman–Crippen MR) is 142 cm³/mol. The highest BCUT2D eigenvalue weighted by atomic mass is 35.5. The number of nitrogens with one attached hydrogen (secondary N) is 1. The lowest BCUT2D eigenvalue weighted by molar-refractivity contribution is -0.133. The van der Waals surface area contributed by atoms with E-state index in [0.29, 0.717) is 36.1 Å². The van der Waals surface area contributed by atoms with Crippen LogP contribution in [0.4, 0.5) is 14.9 Å². The Hall–Kier alpha value is -3.07. The average Bonchev–Trinajstić information content (AvgIpc) is 3.29. The number of rotatable bonds is 12. The van der Waals surface area contributed by atoms with E-state index in [1.54, 1.807) is 41.3 Å². The Balaban J connectivity index is 1.78. The number of nitrogens with zero attached hydrogens (tertiary/aromatic N) is 2. The van der Waals surface area contributed by atoms with Gasteiger partial charge in [0.15, 0.2) is 0 Å². The van der Waals surface area contributed by atoms with Crippen LogP contribution in [0.25, 0.3) is 0 Å². The van der Waals surface area contributed by atoms with Crippen LogP contribution in [0.3, 0.4) is 0 Å². The van der Waals surface area contributed by atoms with Crippen LogP contribution in [0.5, 0.6) is 0 Å². The van der Waals surface area contributed by atoms with Gasteiger partial charge in [0, 0.05) is 26.3 Å². The van der Waals surface area contributed by atoms with Gasteiger partial charge in [-0.3, -0.25) is 4.79 Å². The standard InChI is InChI=1S/C27H30Cl2FN3O4/c1-3-36-15-5-14-32(27(35)31-24-7-4-6-23(28)26(24)29)18-25(34)33(17-22-13-8-19(2)37-22)16-20-9-11-21(30)12-10-20/h4,6-13H,3,5,14-18H2,1-2H3,(H,31,35). The highest BCUT2D eigenvalue weighted by Gasteiger charge is 2.23. The molecule has 1 N–H and O–H groups in total. The van der Waals surface area contributed by atoms with Crippen LogP contribution >= 0.6 is 23.2 Å². The number of carbonyl (C=O) groups is 2. The summed E-state index contributed by atoms with van der Waals surface area (Å²) < 4.78 is 24.5. The Kier molecular flexibility index (Phi) is 10.8. The smallest absolute Gasteiger partial charge is 0.322 e. The summed E-state index contributed by atoms with van der Waals surface area (Å²) in [7, 11) is 0. The molecule has 0 radical (unpaired) electrons. The molecule has 7 nitrogen and oxygen atoms in total. The molecule has 3 rings (SSSR count). The zero-order valence-corrected chi connectivity index (χ0v) is 22.3. The number of ether oxygens (including phenoxy) is 1. The van der Waals surface area contributed by atoms with Gasteiger partial charge in [-0.25, -0.2) is 9.18 Å². The summed E-state index contributed by atoms with van der Waals surface area (Å²) >= 11 is 12.3. The third-order valence-electron chi connectivity index (χ3n) is 5.51. The fourth-order valence-electron chi connectivity index (χ4n) is 3.61. The van der Waals surface area contributed by atoms with Crippen molar-refractivity contribution in [2.24, 2.45) is 0 Å². The molecule has 198 valence electrons. The molecule has 1 heterocycles. The van der Waals surface area contributed by atoms with E-state index >= 15 is 0 Å². The van der Waals surface area contributed by atoms with Gasteiger partial charge in [0.2, 0.25) is 5.91 Å². The van der Waals surface area contributed by atoms with Gasteiger partial charge in [-0.05, 0) is 62.2 Å². The number of aryl methyl sites for hydroxylation is 1. The maximum Gasteiger partial charge on any atom is 0.322 e. The van der Waals surface area contributed by atoms with Crippen molar-refractivity contribution in [3.05, 3.63) is 87.5 Å². The van der Waals surface area contributed by atoms with Crippen LogP contribution in [-0.2, 0) is 22.6 Å². The molecule has 0 unspecified atom stereocenters. The van der Waals surface area contributed by atoms with E-state index in [1.165, 1.54) is 17.0 Å². The molecule has 0 aliphatic heterocycles. The number of anilines is 1. The molecule has 0 spiro atoms. The lowest BCUT2D eigenvalue weighted by atomic mass is 10.2. The number of hydrogen-bond donors (Lipinski definition) is 1. The third-order valence-corrected chi connectivity index (χ3v) is 6.33. The van der Waals surface area contributed by atoms with Crippen molar-refractivity contribution in [1.82, 2.24) is 9.80 Å². The van der Waals surface area contributed by atoms with Crippen molar-refractivity contribution < 1.29 is 23.1 Å². The molecule has 0 atom stereocenters. The molecular formula is C27H30Cl2FN3O4. The van der Waals surface area contributed by atoms with Crippen molar-refractivity contribution in [3.8, 4) is 0 Å². The molecule has 0 saturated carbocycles. The van der Waals surface area contributed by atoms with E-state index in [4.69, 9.17) is 32.4 Å². The van der Waals surface area contributed by atoms with Gasteiger partial charge in [-0.1, -0.05) is 41.4 Å². The van der Waals surface area contributed by atoms with E-state index in [2.05, 4.69) is 5.32 Å². The molecular weight excluding hydrogens is 520 g/mol. The molecule has 0 saturated heterocycles. The van der Waals surface area contributed by atoms with Gasteiger partial charge in [0.05, 0.1) is 22.3 Å². The second kappa shape index (κ2) is 14.0. The Bertz CT molecular complexity index is 1190. The molecule has 37 heavy (non-hydrogen) atoms. The minimum absolute atomic E-state index is 0.193. The summed E-state index contributed by atoms with van der Waals surface area (Å²) in [6.07, 6.45) is 0.535. The van der Waals surface area contributed by atoms with Crippen molar-refractivity contribution in [2.45, 2.75) is 33.4 Å². The maximum atomic E-state index is 13.5. The van der Waals surface area contributed by atoms with Crippen molar-refractivity contribution in [2.75, 3.05) is 31.6 Å². The zero-order valence-electron chi connectivity index (χ0n) is 20.8. The number of amides is 3. The van der Waals surface area contributed by atoms with Gasteiger partial charge in [0.25, 0.3) is 0 Å². The fraction of sp³-hybridized carbons (Fsp3) is 0.333. The minimum Gasteiger partial charge on any atom is -0.464 e. The molecule has 1 aromatic heterocycles. The van der Waals surface area contributed by atoms with Crippen LogP contribution in [0.2, 0.25) is 10.0 Å². The molecule has 0 bridgehead atoms. The number of urea groups is 1. The topological polar surface area (TPSA) is 75.0 Å². The van der Waals surface area contributed by atoms with Crippen LogP contribution in [0.15, 0.2) is 59.0 Å². The first-order valence-electron chi connectivity index (χ1n) is 11.9. The second-order valence-electron chi connectivity index (χ2n) is 8.39. The number of halogens is 3. The normalized spacial score (nSPS) is 10.8. The monoisotopic (exact) mass is 549 g/mol. The van der Waals surface area contributed by atoms with Gasteiger partial charge in [-0.2, -0.15) is 0 Å². The Morgan fingerprint density at radius 2 is 1.78 bits per heavy atom. The molecule has 10 heteroatoms. The van der Waals surface area contributed by atoms with Crippen LogP contribution in [0.1, 0.15) is 30.4 Å². The summed E-state index contributed by atoms with van der Waals surface area (Å²) in [6.45, 7) is 5.19. The Labute approximate surface area is 226 Å². The fourth-order valence-corrected chi connectivity index (χ4v) is 3.96. The van der Waals surface area contributed by atoms with Crippen LogP contribution in [0, 0.1) is 12.7 Å². The number of hydrogen-bond acceptors (Lipinski definition) is 4. The molecule has 0 fully saturated rings. The summed E-state index contributed by atoms with van der Waals surface area (Å²) in [4.78, 5) is 29.7. The van der Waals surface area contributed by atoms with Crippen LogP contribution < -0.4 is 5.32 Å². The SMILES string of the molecule is CCOCCCN(CC(=O)N(Cc1ccc(F)cc1)Cc1ccc(C)o1)C(=O)Nc1cccc(Cl)c1Cl. The summed E-state index contributed by atoms with van der Waals surface area (Å²) in [5, 5.41) is 3.26. The Morgan fingerprint density at radius 3 is 2.46 bits per heavy atom. The van der Waals surface area contributed by atoms with E-state index in [0.717, 1.165) is 11.3 Å². The predicted octanol–water partition coefficient (Wildman–Crippen LogP) is 6.52. The zero-order chi connectivity index (χ0) is 26.8. The lowest BCUT2D eigenvalue weighted by Gasteiger charge is -2.28. The third kappa shape index (κ3) is 8.77. The summed E-state index contributed by atoms with van der Waals surface area (Å²) in [6, 6.07) is 14.0.